The van der Waals surface area contributed by atoms with Crippen molar-refractivity contribution < 1.29 is 13.2 Å². The van der Waals surface area contributed by atoms with Crippen LogP contribution in [0.5, 0.6) is 5.75 Å². The van der Waals surface area contributed by atoms with Gasteiger partial charge in [-0.05, 0) is 24.1 Å². The molecule has 0 unspecified atom stereocenters. The molecule has 0 spiro atoms. The highest BCUT2D eigenvalue weighted by molar-refractivity contribution is 7.91. The highest BCUT2D eigenvalue weighted by Crippen LogP contribution is 2.32. The number of rotatable bonds is 3. The molecule has 0 aliphatic carbocycles. The summed E-state index contributed by atoms with van der Waals surface area (Å²) in [4.78, 5) is 0. The minimum Gasteiger partial charge on any atom is -0.497 e. The molecule has 1 atom stereocenters. The van der Waals surface area contributed by atoms with Gasteiger partial charge in [0.15, 0.2) is 9.84 Å². The molecule has 0 bridgehead atoms. The molecule has 1 saturated heterocycles. The SMILES string of the molecule is COc1ccc(-c2cnn([C@H]3CCS(=O)(=O)C3)c2N)cc1. The molecule has 0 radical (unpaired) electrons. The molecule has 2 heterocycles. The number of hydrogen-bond donors (Lipinski definition) is 1. The second kappa shape index (κ2) is 5.07. The third-order valence-corrected chi connectivity index (χ3v) is 5.54. The fourth-order valence-electron chi connectivity index (χ4n) is 2.62. The molecule has 2 N–H and O–H groups in total. The second-order valence-electron chi connectivity index (χ2n) is 5.17. The van der Waals surface area contributed by atoms with Gasteiger partial charge in [0, 0.05) is 5.56 Å². The van der Waals surface area contributed by atoms with Gasteiger partial charge in [-0.1, -0.05) is 12.1 Å². The molecular formula is C14H17N3O3S. The van der Waals surface area contributed by atoms with E-state index in [9.17, 15) is 8.42 Å². The number of hydrogen-bond acceptors (Lipinski definition) is 5. The normalized spacial score (nSPS) is 20.5. The number of anilines is 1. The summed E-state index contributed by atoms with van der Waals surface area (Å²) >= 11 is 0. The summed E-state index contributed by atoms with van der Waals surface area (Å²) in [6.07, 6.45) is 2.25. The Kier molecular flexibility index (Phi) is 3.36. The van der Waals surface area contributed by atoms with Gasteiger partial charge in [-0.15, -0.1) is 0 Å². The first-order valence-corrected chi connectivity index (χ1v) is 8.50. The Labute approximate surface area is 123 Å². The van der Waals surface area contributed by atoms with E-state index < -0.39 is 9.84 Å². The number of aromatic nitrogens is 2. The van der Waals surface area contributed by atoms with Crippen LogP contribution in [-0.2, 0) is 9.84 Å². The van der Waals surface area contributed by atoms with Crippen molar-refractivity contribution in [2.75, 3.05) is 24.3 Å². The van der Waals surface area contributed by atoms with Crippen LogP contribution in [0, 0.1) is 0 Å². The van der Waals surface area contributed by atoms with Crippen molar-refractivity contribution in [2.45, 2.75) is 12.5 Å². The molecule has 2 aromatic rings. The fourth-order valence-corrected chi connectivity index (χ4v) is 4.32. The van der Waals surface area contributed by atoms with E-state index in [-0.39, 0.29) is 17.5 Å². The van der Waals surface area contributed by atoms with Crippen LogP contribution in [0.3, 0.4) is 0 Å². The van der Waals surface area contributed by atoms with E-state index in [0.29, 0.717) is 12.2 Å². The van der Waals surface area contributed by atoms with Gasteiger partial charge in [-0.3, -0.25) is 0 Å². The maximum Gasteiger partial charge on any atom is 0.152 e. The molecule has 112 valence electrons. The third kappa shape index (κ3) is 2.61. The summed E-state index contributed by atoms with van der Waals surface area (Å²) in [5.74, 6) is 1.59. The molecule has 6 nitrogen and oxygen atoms in total. The molecule has 1 aliphatic rings. The van der Waals surface area contributed by atoms with Crippen LogP contribution in [0.15, 0.2) is 30.5 Å². The van der Waals surface area contributed by atoms with E-state index in [4.69, 9.17) is 10.5 Å². The predicted octanol–water partition coefficient (Wildman–Crippen LogP) is 1.50. The lowest BCUT2D eigenvalue weighted by atomic mass is 10.1. The van der Waals surface area contributed by atoms with Crippen molar-refractivity contribution in [3.05, 3.63) is 30.5 Å². The van der Waals surface area contributed by atoms with Gasteiger partial charge >= 0.3 is 0 Å². The molecule has 0 amide bonds. The zero-order valence-electron chi connectivity index (χ0n) is 11.7. The third-order valence-electron chi connectivity index (χ3n) is 3.79. The van der Waals surface area contributed by atoms with E-state index in [1.54, 1.807) is 18.0 Å². The van der Waals surface area contributed by atoms with Crippen LogP contribution in [0.25, 0.3) is 11.1 Å². The zero-order valence-corrected chi connectivity index (χ0v) is 12.5. The van der Waals surface area contributed by atoms with Gasteiger partial charge in [0.2, 0.25) is 0 Å². The van der Waals surface area contributed by atoms with E-state index in [0.717, 1.165) is 16.9 Å². The van der Waals surface area contributed by atoms with Crippen LogP contribution in [-0.4, -0.2) is 36.8 Å². The summed E-state index contributed by atoms with van der Waals surface area (Å²) in [6, 6.07) is 7.35. The first kappa shape index (κ1) is 13.9. The van der Waals surface area contributed by atoms with Crippen LogP contribution in [0.1, 0.15) is 12.5 Å². The molecule has 3 rings (SSSR count). The summed E-state index contributed by atoms with van der Waals surface area (Å²) in [5.41, 5.74) is 7.89. The van der Waals surface area contributed by atoms with Crippen molar-refractivity contribution in [1.29, 1.82) is 0 Å². The van der Waals surface area contributed by atoms with Crippen molar-refractivity contribution in [3.63, 3.8) is 0 Å². The molecule has 1 aromatic heterocycles. The van der Waals surface area contributed by atoms with E-state index in [2.05, 4.69) is 5.10 Å². The molecule has 0 saturated carbocycles. The number of nitrogen functional groups attached to an aromatic ring is 1. The Morgan fingerprint density at radius 1 is 1.33 bits per heavy atom. The topological polar surface area (TPSA) is 87.2 Å². The largest absolute Gasteiger partial charge is 0.497 e. The lowest BCUT2D eigenvalue weighted by Gasteiger charge is -2.11. The lowest BCUT2D eigenvalue weighted by molar-refractivity contribution is 0.415. The molecular weight excluding hydrogens is 290 g/mol. The minimum atomic E-state index is -2.96. The van der Waals surface area contributed by atoms with Crippen molar-refractivity contribution >= 4 is 15.7 Å². The monoisotopic (exact) mass is 307 g/mol. The maximum atomic E-state index is 11.6. The standard InChI is InChI=1S/C14H17N3O3S/c1-20-12-4-2-10(3-5-12)13-8-16-17(14(13)15)11-6-7-21(18,19)9-11/h2-5,8,11H,6-7,9,15H2,1H3/t11-/m0/s1. The maximum absolute atomic E-state index is 11.6. The second-order valence-corrected chi connectivity index (χ2v) is 7.40. The fraction of sp³-hybridized carbons (Fsp3) is 0.357. The number of ether oxygens (including phenoxy) is 1. The Morgan fingerprint density at radius 2 is 2.05 bits per heavy atom. The molecule has 1 fully saturated rings. The molecule has 21 heavy (non-hydrogen) atoms. The summed E-state index contributed by atoms with van der Waals surface area (Å²) < 4.78 is 29.9. The number of methoxy groups -OCH3 is 1. The smallest absolute Gasteiger partial charge is 0.152 e. The minimum absolute atomic E-state index is 0.112. The number of nitrogens with two attached hydrogens (primary N) is 1. The first-order chi connectivity index (χ1) is 10.00. The Bertz CT molecular complexity index is 750. The molecule has 7 heteroatoms. The Balaban J connectivity index is 1.92. The molecule has 1 aliphatic heterocycles. The Morgan fingerprint density at radius 3 is 2.62 bits per heavy atom. The number of benzene rings is 1. The average molecular weight is 307 g/mol. The van der Waals surface area contributed by atoms with Crippen LogP contribution >= 0.6 is 0 Å². The Hall–Kier alpha value is -2.02. The number of sulfone groups is 1. The van der Waals surface area contributed by atoms with Crippen LogP contribution in [0.4, 0.5) is 5.82 Å². The van der Waals surface area contributed by atoms with Gasteiger partial charge in [0.25, 0.3) is 0 Å². The van der Waals surface area contributed by atoms with Crippen molar-refractivity contribution in [2.24, 2.45) is 0 Å². The van der Waals surface area contributed by atoms with E-state index in [1.165, 1.54) is 0 Å². The highest BCUT2D eigenvalue weighted by Gasteiger charge is 2.31. The van der Waals surface area contributed by atoms with Crippen molar-refractivity contribution in [1.82, 2.24) is 9.78 Å². The number of nitrogens with zero attached hydrogens (tertiary/aromatic N) is 2. The van der Waals surface area contributed by atoms with Crippen LogP contribution in [0.2, 0.25) is 0 Å². The molecule has 1 aromatic carbocycles. The van der Waals surface area contributed by atoms with Crippen LogP contribution < -0.4 is 10.5 Å². The average Bonchev–Trinajstić information content (AvgIpc) is 3.01. The van der Waals surface area contributed by atoms with Gasteiger partial charge in [0.1, 0.15) is 11.6 Å². The predicted molar refractivity (Wildman–Crippen MR) is 80.9 cm³/mol. The first-order valence-electron chi connectivity index (χ1n) is 6.68. The van der Waals surface area contributed by atoms with Gasteiger partial charge in [-0.2, -0.15) is 5.10 Å². The summed E-state index contributed by atoms with van der Waals surface area (Å²) in [5, 5.41) is 4.28. The van der Waals surface area contributed by atoms with E-state index in [1.807, 2.05) is 24.3 Å². The van der Waals surface area contributed by atoms with Gasteiger partial charge < -0.3 is 10.5 Å². The summed E-state index contributed by atoms with van der Waals surface area (Å²) in [7, 11) is -1.34. The van der Waals surface area contributed by atoms with Crippen molar-refractivity contribution in [3.8, 4) is 16.9 Å². The quantitative estimate of drug-likeness (QED) is 0.928. The lowest BCUT2D eigenvalue weighted by Crippen LogP contribution is -2.14. The zero-order chi connectivity index (χ0) is 15.0. The van der Waals surface area contributed by atoms with Gasteiger partial charge in [0.05, 0.1) is 30.9 Å². The highest BCUT2D eigenvalue weighted by atomic mass is 32.2. The van der Waals surface area contributed by atoms with E-state index >= 15 is 0 Å². The van der Waals surface area contributed by atoms with Gasteiger partial charge in [-0.25, -0.2) is 13.1 Å². The summed E-state index contributed by atoms with van der Waals surface area (Å²) in [6.45, 7) is 0.